The van der Waals surface area contributed by atoms with Crippen LogP contribution >= 0.6 is 0 Å². The van der Waals surface area contributed by atoms with E-state index in [1.54, 1.807) is 0 Å². The van der Waals surface area contributed by atoms with Crippen LogP contribution in [0.1, 0.15) is 23.0 Å². The van der Waals surface area contributed by atoms with Gasteiger partial charge < -0.3 is 10.2 Å². The Balaban J connectivity index is 1.37. The maximum atomic E-state index is 12.5. The normalized spacial score (nSPS) is 15.9. The second-order valence-electron chi connectivity index (χ2n) is 6.98. The monoisotopic (exact) mass is 363 g/mol. The molecule has 0 saturated carbocycles. The first-order valence-corrected chi connectivity index (χ1v) is 9.51. The smallest absolute Gasteiger partial charge is 0.276 e. The summed E-state index contributed by atoms with van der Waals surface area (Å²) in [5, 5.41) is 10.8. The molecule has 1 aliphatic rings. The van der Waals surface area contributed by atoms with Crippen LogP contribution in [-0.4, -0.2) is 58.6 Å². The first kappa shape index (κ1) is 17.7. The Morgan fingerprint density at radius 3 is 2.48 bits per heavy atom. The van der Waals surface area contributed by atoms with Crippen LogP contribution in [0, 0.1) is 0 Å². The van der Waals surface area contributed by atoms with Gasteiger partial charge in [0.05, 0.1) is 5.52 Å². The Hall–Kier alpha value is -2.70. The number of hydrogen-bond donors (Lipinski definition) is 2. The number of rotatable bonds is 5. The third kappa shape index (κ3) is 4.02. The molecule has 3 aromatic rings. The number of piperazine rings is 1. The SMILES string of the molecule is CCN1CCN(Cc2ccc(NC(=O)c3n[nH]c4ccccc34)cc2)CC1. The van der Waals surface area contributed by atoms with Gasteiger partial charge in [0.2, 0.25) is 0 Å². The average molecular weight is 363 g/mol. The van der Waals surface area contributed by atoms with E-state index in [2.05, 4.69) is 44.4 Å². The maximum Gasteiger partial charge on any atom is 0.276 e. The molecule has 27 heavy (non-hydrogen) atoms. The second-order valence-corrected chi connectivity index (χ2v) is 6.98. The summed E-state index contributed by atoms with van der Waals surface area (Å²) < 4.78 is 0. The highest BCUT2D eigenvalue weighted by Crippen LogP contribution is 2.18. The lowest BCUT2D eigenvalue weighted by atomic mass is 10.1. The van der Waals surface area contributed by atoms with Crippen molar-refractivity contribution in [3.63, 3.8) is 0 Å². The highest BCUT2D eigenvalue weighted by molar-refractivity contribution is 6.11. The van der Waals surface area contributed by atoms with Crippen molar-refractivity contribution in [3.8, 4) is 0 Å². The van der Waals surface area contributed by atoms with Gasteiger partial charge in [-0.3, -0.25) is 14.8 Å². The lowest BCUT2D eigenvalue weighted by molar-refractivity contribution is 0.102. The number of amides is 1. The molecule has 1 amide bonds. The summed E-state index contributed by atoms with van der Waals surface area (Å²) in [6, 6.07) is 15.7. The standard InChI is InChI=1S/C21H25N5O/c1-2-25-11-13-26(14-12-25)15-16-7-9-17(10-8-16)22-21(27)20-18-5-3-4-6-19(18)23-24-20/h3-10H,2,11-15H2,1H3,(H,22,27)(H,23,24). The molecule has 2 aromatic carbocycles. The van der Waals surface area contributed by atoms with Gasteiger partial charge in [0.25, 0.3) is 5.91 Å². The number of H-pyrrole nitrogens is 1. The van der Waals surface area contributed by atoms with E-state index in [1.807, 2.05) is 36.4 Å². The van der Waals surface area contributed by atoms with Gasteiger partial charge in [0.15, 0.2) is 5.69 Å². The third-order valence-electron chi connectivity index (χ3n) is 5.22. The van der Waals surface area contributed by atoms with Gasteiger partial charge in [-0.05, 0) is 30.3 Å². The van der Waals surface area contributed by atoms with Crippen molar-refractivity contribution in [1.82, 2.24) is 20.0 Å². The molecule has 6 nitrogen and oxygen atoms in total. The van der Waals surface area contributed by atoms with Crippen LogP contribution < -0.4 is 5.32 Å². The summed E-state index contributed by atoms with van der Waals surface area (Å²) in [4.78, 5) is 17.5. The van der Waals surface area contributed by atoms with E-state index in [0.29, 0.717) is 5.69 Å². The van der Waals surface area contributed by atoms with Gasteiger partial charge >= 0.3 is 0 Å². The Labute approximate surface area is 159 Å². The van der Waals surface area contributed by atoms with Crippen molar-refractivity contribution in [1.29, 1.82) is 0 Å². The van der Waals surface area contributed by atoms with Crippen molar-refractivity contribution >= 4 is 22.5 Å². The summed E-state index contributed by atoms with van der Waals surface area (Å²) in [6.07, 6.45) is 0. The number of anilines is 1. The lowest BCUT2D eigenvalue weighted by Crippen LogP contribution is -2.45. The largest absolute Gasteiger partial charge is 0.321 e. The number of benzene rings is 2. The number of hydrogen-bond acceptors (Lipinski definition) is 4. The molecule has 1 fully saturated rings. The minimum Gasteiger partial charge on any atom is -0.321 e. The minimum absolute atomic E-state index is 0.198. The van der Waals surface area contributed by atoms with Crippen molar-refractivity contribution in [2.24, 2.45) is 0 Å². The zero-order valence-corrected chi connectivity index (χ0v) is 15.6. The van der Waals surface area contributed by atoms with Crippen LogP contribution in [0.15, 0.2) is 48.5 Å². The number of carbonyl (C=O) groups excluding carboxylic acids is 1. The number of para-hydroxylation sites is 1. The van der Waals surface area contributed by atoms with Gasteiger partial charge in [-0.2, -0.15) is 5.10 Å². The summed E-state index contributed by atoms with van der Waals surface area (Å²) in [7, 11) is 0. The molecule has 0 atom stereocenters. The second kappa shape index (κ2) is 7.90. The molecule has 1 aromatic heterocycles. The third-order valence-corrected chi connectivity index (χ3v) is 5.22. The van der Waals surface area contributed by atoms with Crippen molar-refractivity contribution in [3.05, 3.63) is 59.8 Å². The molecule has 1 aliphatic heterocycles. The molecule has 6 heteroatoms. The van der Waals surface area contributed by atoms with E-state index in [1.165, 1.54) is 5.56 Å². The number of aromatic amines is 1. The quantitative estimate of drug-likeness (QED) is 0.732. The van der Waals surface area contributed by atoms with E-state index in [0.717, 1.165) is 55.9 Å². The molecule has 0 spiro atoms. The van der Waals surface area contributed by atoms with Gasteiger partial charge in [-0.15, -0.1) is 0 Å². The lowest BCUT2D eigenvalue weighted by Gasteiger charge is -2.34. The molecule has 1 saturated heterocycles. The Bertz CT molecular complexity index is 910. The number of nitrogens with one attached hydrogen (secondary N) is 2. The van der Waals surface area contributed by atoms with E-state index in [-0.39, 0.29) is 5.91 Å². The van der Waals surface area contributed by atoms with Crippen molar-refractivity contribution in [2.45, 2.75) is 13.5 Å². The highest BCUT2D eigenvalue weighted by atomic mass is 16.1. The molecule has 140 valence electrons. The molecular weight excluding hydrogens is 338 g/mol. The predicted molar refractivity (Wildman–Crippen MR) is 108 cm³/mol. The van der Waals surface area contributed by atoms with Crippen LogP contribution in [-0.2, 0) is 6.54 Å². The molecule has 0 unspecified atom stereocenters. The summed E-state index contributed by atoms with van der Waals surface area (Å²) in [5.41, 5.74) is 3.33. The zero-order valence-electron chi connectivity index (χ0n) is 15.6. The Kier molecular flexibility index (Phi) is 5.18. The predicted octanol–water partition coefficient (Wildman–Crippen LogP) is 2.95. The van der Waals surface area contributed by atoms with Crippen molar-refractivity contribution in [2.75, 3.05) is 38.0 Å². The number of fused-ring (bicyclic) bond motifs is 1. The summed E-state index contributed by atoms with van der Waals surface area (Å²) >= 11 is 0. The van der Waals surface area contributed by atoms with E-state index in [9.17, 15) is 4.79 Å². The van der Waals surface area contributed by atoms with Gasteiger partial charge in [0.1, 0.15) is 0 Å². The van der Waals surface area contributed by atoms with E-state index in [4.69, 9.17) is 0 Å². The number of nitrogens with zero attached hydrogens (tertiary/aromatic N) is 3. The molecule has 0 radical (unpaired) electrons. The number of aromatic nitrogens is 2. The van der Waals surface area contributed by atoms with Crippen LogP contribution in [0.4, 0.5) is 5.69 Å². The summed E-state index contributed by atoms with van der Waals surface area (Å²) in [5.74, 6) is -0.198. The molecule has 4 rings (SSSR count). The fourth-order valence-corrected chi connectivity index (χ4v) is 3.54. The maximum absolute atomic E-state index is 12.5. The Morgan fingerprint density at radius 2 is 1.74 bits per heavy atom. The Morgan fingerprint density at radius 1 is 1.04 bits per heavy atom. The topological polar surface area (TPSA) is 64.3 Å². The van der Waals surface area contributed by atoms with Crippen LogP contribution in [0.3, 0.4) is 0 Å². The zero-order chi connectivity index (χ0) is 18.6. The average Bonchev–Trinajstić information content (AvgIpc) is 3.14. The van der Waals surface area contributed by atoms with Crippen LogP contribution in [0.5, 0.6) is 0 Å². The first-order valence-electron chi connectivity index (χ1n) is 9.51. The van der Waals surface area contributed by atoms with E-state index >= 15 is 0 Å². The molecular formula is C21H25N5O. The molecule has 0 bridgehead atoms. The number of carbonyl (C=O) groups is 1. The van der Waals surface area contributed by atoms with Crippen LogP contribution in [0.2, 0.25) is 0 Å². The molecule has 0 aliphatic carbocycles. The van der Waals surface area contributed by atoms with Gasteiger partial charge in [-0.25, -0.2) is 0 Å². The number of likely N-dealkylation sites (N-methyl/N-ethyl adjacent to an activating group) is 1. The van der Waals surface area contributed by atoms with E-state index < -0.39 is 0 Å². The molecule has 2 heterocycles. The highest BCUT2D eigenvalue weighted by Gasteiger charge is 2.16. The first-order chi connectivity index (χ1) is 13.2. The van der Waals surface area contributed by atoms with Gasteiger partial charge in [0, 0.05) is 43.8 Å². The fraction of sp³-hybridized carbons (Fsp3) is 0.333. The molecule has 2 N–H and O–H groups in total. The summed E-state index contributed by atoms with van der Waals surface area (Å²) in [6.45, 7) is 8.80. The van der Waals surface area contributed by atoms with Gasteiger partial charge in [-0.1, -0.05) is 37.3 Å². The fourth-order valence-electron chi connectivity index (χ4n) is 3.54. The van der Waals surface area contributed by atoms with Crippen molar-refractivity contribution < 1.29 is 4.79 Å². The minimum atomic E-state index is -0.198. The van der Waals surface area contributed by atoms with Crippen LogP contribution in [0.25, 0.3) is 10.9 Å².